The molecule has 3 rings (SSSR count). The molecule has 1 aliphatic carbocycles. The van der Waals surface area contributed by atoms with E-state index < -0.39 is 19.1 Å². The second-order valence-electron chi connectivity index (χ2n) is 7.81. The number of amides is 2. The molecular weight excluding hydrogens is 502 g/mol. The van der Waals surface area contributed by atoms with Crippen LogP contribution in [0, 0.1) is 0 Å². The van der Waals surface area contributed by atoms with Gasteiger partial charge in [0.15, 0.2) is 0 Å². The van der Waals surface area contributed by atoms with Crippen LogP contribution < -0.4 is 15.4 Å². The molecule has 9 nitrogen and oxygen atoms in total. The summed E-state index contributed by atoms with van der Waals surface area (Å²) in [7, 11) is -2.05. The van der Waals surface area contributed by atoms with E-state index >= 15 is 0 Å². The summed E-state index contributed by atoms with van der Waals surface area (Å²) in [6.07, 6.45) is 5.15. The van der Waals surface area contributed by atoms with Gasteiger partial charge in [-0.05, 0) is 61.4 Å². The maximum Gasteiger partial charge on any atom is 0.261 e. The average Bonchev–Trinajstić information content (AvgIpc) is 2.74. The van der Waals surface area contributed by atoms with E-state index in [1.165, 1.54) is 56.7 Å². The number of rotatable bonds is 6. The molecule has 3 N–H and O–H groups in total. The first kappa shape index (κ1) is 27.8. The number of carbonyl (C=O) groups is 2. The predicted molar refractivity (Wildman–Crippen MR) is 132 cm³/mol. The Balaban J connectivity index is 0.000000257. The summed E-state index contributed by atoms with van der Waals surface area (Å²) in [5.74, 6) is -0.396. The van der Waals surface area contributed by atoms with Crippen LogP contribution >= 0.6 is 10.7 Å². The molecule has 2 aromatic rings. The second kappa shape index (κ2) is 12.3. The van der Waals surface area contributed by atoms with Crippen molar-refractivity contribution < 1.29 is 26.4 Å². The van der Waals surface area contributed by atoms with Crippen molar-refractivity contribution in [1.82, 2.24) is 4.72 Å². The topological polar surface area (TPSA) is 139 Å². The molecule has 0 aromatic heterocycles. The molecule has 0 unspecified atom stereocenters. The number of carbonyl (C=O) groups excluding carboxylic acids is 2. The molecule has 2 aromatic carbocycles. The van der Waals surface area contributed by atoms with Crippen molar-refractivity contribution >= 4 is 52.9 Å². The number of nitrogens with one attached hydrogen (secondary N) is 3. The van der Waals surface area contributed by atoms with E-state index in [1.807, 2.05) is 0 Å². The zero-order valence-corrected chi connectivity index (χ0v) is 21.3. The van der Waals surface area contributed by atoms with Crippen molar-refractivity contribution in [3.63, 3.8) is 0 Å². The van der Waals surface area contributed by atoms with E-state index in [-0.39, 0.29) is 27.6 Å². The molecule has 2 amide bonds. The molecule has 186 valence electrons. The molecule has 0 heterocycles. The fraction of sp³-hybridized carbons (Fsp3) is 0.364. The number of hydrogen-bond acceptors (Lipinski definition) is 6. The van der Waals surface area contributed by atoms with Gasteiger partial charge in [-0.2, -0.15) is 0 Å². The first-order valence-corrected chi connectivity index (χ1v) is 14.4. The molecule has 0 atom stereocenters. The van der Waals surface area contributed by atoms with E-state index in [0.29, 0.717) is 11.4 Å². The number of halogens is 1. The minimum Gasteiger partial charge on any atom is -0.326 e. The van der Waals surface area contributed by atoms with E-state index in [0.717, 1.165) is 25.7 Å². The van der Waals surface area contributed by atoms with Crippen LogP contribution in [-0.4, -0.2) is 34.7 Å². The molecule has 34 heavy (non-hydrogen) atoms. The first-order valence-electron chi connectivity index (χ1n) is 10.6. The normalized spacial score (nSPS) is 14.4. The number of benzene rings is 2. The Hall–Kier alpha value is -2.47. The van der Waals surface area contributed by atoms with Gasteiger partial charge in [0.25, 0.3) is 9.05 Å². The SMILES string of the molecule is CC(=O)Nc1ccc(S(=O)(=O)Cl)cc1.CC(=O)Nc1ccc(S(=O)(=O)NC2CCCCC2)cc1. The van der Waals surface area contributed by atoms with Gasteiger partial charge in [-0.1, -0.05) is 19.3 Å². The molecule has 0 aliphatic heterocycles. The Morgan fingerprint density at radius 1 is 0.735 bits per heavy atom. The molecule has 0 spiro atoms. The number of anilines is 2. The number of hydrogen-bond donors (Lipinski definition) is 3. The molecule has 0 saturated heterocycles. The average molecular weight is 530 g/mol. The van der Waals surface area contributed by atoms with Crippen LogP contribution in [0.15, 0.2) is 58.3 Å². The minimum absolute atomic E-state index is 0.00766. The highest BCUT2D eigenvalue weighted by atomic mass is 35.7. The third kappa shape index (κ3) is 9.41. The highest BCUT2D eigenvalue weighted by molar-refractivity contribution is 8.13. The standard InChI is InChI=1S/C14H20N2O3S.C8H8ClNO3S/c1-11(17)15-12-7-9-14(10-8-12)20(18,19)16-13-5-3-2-4-6-13;1-6(11)10-7-2-4-8(5-3-7)14(9,12)13/h7-10,13,16H,2-6H2,1H3,(H,15,17);2-5H,1H3,(H,10,11). The Morgan fingerprint density at radius 3 is 1.53 bits per heavy atom. The van der Waals surface area contributed by atoms with Gasteiger partial charge in [0.2, 0.25) is 21.8 Å². The maximum atomic E-state index is 12.2. The van der Waals surface area contributed by atoms with Crippen molar-refractivity contribution in [1.29, 1.82) is 0 Å². The minimum atomic E-state index is -3.69. The van der Waals surface area contributed by atoms with Crippen molar-refractivity contribution in [2.24, 2.45) is 0 Å². The van der Waals surface area contributed by atoms with Crippen LogP contribution in [0.3, 0.4) is 0 Å². The molecule has 0 radical (unpaired) electrons. The van der Waals surface area contributed by atoms with E-state index in [4.69, 9.17) is 10.7 Å². The van der Waals surface area contributed by atoms with Gasteiger partial charge >= 0.3 is 0 Å². The smallest absolute Gasteiger partial charge is 0.261 e. The lowest BCUT2D eigenvalue weighted by atomic mass is 9.96. The van der Waals surface area contributed by atoms with Crippen molar-refractivity contribution in [2.75, 3.05) is 10.6 Å². The van der Waals surface area contributed by atoms with Gasteiger partial charge in [-0.3, -0.25) is 9.59 Å². The highest BCUT2D eigenvalue weighted by Gasteiger charge is 2.21. The van der Waals surface area contributed by atoms with Crippen LogP contribution in [0.1, 0.15) is 46.0 Å². The monoisotopic (exact) mass is 529 g/mol. The van der Waals surface area contributed by atoms with Gasteiger partial charge in [-0.15, -0.1) is 0 Å². The lowest BCUT2D eigenvalue weighted by Gasteiger charge is -2.22. The summed E-state index contributed by atoms with van der Waals surface area (Å²) in [4.78, 5) is 21.8. The first-order chi connectivity index (χ1) is 15.9. The van der Waals surface area contributed by atoms with Crippen LogP contribution in [0.25, 0.3) is 0 Å². The molecule has 1 fully saturated rings. The zero-order chi connectivity index (χ0) is 25.4. The van der Waals surface area contributed by atoms with Gasteiger partial charge in [-0.25, -0.2) is 21.6 Å². The van der Waals surface area contributed by atoms with Gasteiger partial charge in [0.05, 0.1) is 9.79 Å². The Labute approximate surface area is 204 Å². The van der Waals surface area contributed by atoms with Crippen LogP contribution in [0.5, 0.6) is 0 Å². The van der Waals surface area contributed by atoms with Gasteiger partial charge in [0.1, 0.15) is 0 Å². The molecule has 1 aliphatic rings. The van der Waals surface area contributed by atoms with Crippen LogP contribution in [-0.2, 0) is 28.7 Å². The lowest BCUT2D eigenvalue weighted by Crippen LogP contribution is -2.36. The third-order valence-electron chi connectivity index (χ3n) is 4.87. The summed E-state index contributed by atoms with van der Waals surface area (Å²) in [5.41, 5.74) is 1.12. The summed E-state index contributed by atoms with van der Waals surface area (Å²) in [6.45, 7) is 2.78. The number of sulfonamides is 1. The van der Waals surface area contributed by atoms with Crippen LogP contribution in [0.2, 0.25) is 0 Å². The fourth-order valence-electron chi connectivity index (χ4n) is 3.33. The van der Waals surface area contributed by atoms with Crippen molar-refractivity contribution in [2.45, 2.75) is 61.8 Å². The van der Waals surface area contributed by atoms with Gasteiger partial charge < -0.3 is 10.6 Å². The van der Waals surface area contributed by atoms with Crippen molar-refractivity contribution in [3.8, 4) is 0 Å². The largest absolute Gasteiger partial charge is 0.326 e. The third-order valence-corrected chi connectivity index (χ3v) is 7.77. The molecular formula is C22H28ClN3O6S2. The Morgan fingerprint density at radius 2 is 1.15 bits per heavy atom. The lowest BCUT2D eigenvalue weighted by molar-refractivity contribution is -0.115. The van der Waals surface area contributed by atoms with E-state index in [9.17, 15) is 26.4 Å². The predicted octanol–water partition coefficient (Wildman–Crippen LogP) is 3.83. The summed E-state index contributed by atoms with van der Waals surface area (Å²) in [5, 5.41) is 5.12. The van der Waals surface area contributed by atoms with E-state index in [1.54, 1.807) is 12.1 Å². The summed E-state index contributed by atoms with van der Waals surface area (Å²) in [6, 6.07) is 11.8. The fourth-order valence-corrected chi connectivity index (χ4v) is 5.41. The van der Waals surface area contributed by atoms with Gasteiger partial charge in [0, 0.05) is 41.9 Å². The highest BCUT2D eigenvalue weighted by Crippen LogP contribution is 2.21. The molecule has 1 saturated carbocycles. The molecule has 12 heteroatoms. The van der Waals surface area contributed by atoms with E-state index in [2.05, 4.69) is 15.4 Å². The van der Waals surface area contributed by atoms with Crippen LogP contribution in [0.4, 0.5) is 11.4 Å². The Bertz CT molecular complexity index is 1190. The maximum absolute atomic E-state index is 12.2. The van der Waals surface area contributed by atoms with Crippen molar-refractivity contribution in [3.05, 3.63) is 48.5 Å². The quantitative estimate of drug-likeness (QED) is 0.486. The zero-order valence-electron chi connectivity index (χ0n) is 18.9. The Kier molecular flexibility index (Phi) is 10.0. The second-order valence-corrected chi connectivity index (χ2v) is 12.1. The summed E-state index contributed by atoms with van der Waals surface area (Å²) < 4.78 is 48.9. The summed E-state index contributed by atoms with van der Waals surface area (Å²) >= 11 is 0. The molecule has 0 bridgehead atoms.